The van der Waals surface area contributed by atoms with E-state index in [9.17, 15) is 24.3 Å². The number of anilines is 2. The molecule has 1 aliphatic rings. The lowest BCUT2D eigenvalue weighted by molar-refractivity contribution is -0.150. The number of nitrogens with one attached hydrogen (secondary N) is 1. The van der Waals surface area contributed by atoms with E-state index in [1.165, 1.54) is 23.0 Å². The number of pyridine rings is 1. The number of carbonyl (C=O) groups excluding carboxylic acids is 2. The van der Waals surface area contributed by atoms with Crippen molar-refractivity contribution in [3.63, 3.8) is 0 Å². The smallest absolute Gasteiger partial charge is 0.416 e. The number of nitrogens with zero attached hydrogens (tertiary/aromatic N) is 4. The fourth-order valence-corrected chi connectivity index (χ4v) is 6.12. The van der Waals surface area contributed by atoms with E-state index in [-0.39, 0.29) is 23.7 Å². The molecule has 0 radical (unpaired) electrons. The molecule has 3 aromatic carbocycles. The Labute approximate surface area is 316 Å². The monoisotopic (exact) mass is 755 g/mol. The van der Waals surface area contributed by atoms with Crippen LogP contribution < -0.4 is 25.2 Å². The molecule has 1 saturated carbocycles. The Kier molecular flexibility index (Phi) is 10.8. The number of alkyl carbamates (subject to hydrolysis) is 1. The summed E-state index contributed by atoms with van der Waals surface area (Å²) in [5.41, 5.74) is -0.588. The maximum absolute atomic E-state index is 15.6. The van der Waals surface area contributed by atoms with E-state index in [2.05, 4.69) is 10.3 Å². The Bertz CT molecular complexity index is 2290. The number of carboxylic acid groups (broad SMARTS) is 1. The van der Waals surface area contributed by atoms with Gasteiger partial charge in [-0.15, -0.1) is 0 Å². The second kappa shape index (κ2) is 15.5. The summed E-state index contributed by atoms with van der Waals surface area (Å²) in [5, 5.41) is 13.2. The summed E-state index contributed by atoms with van der Waals surface area (Å²) in [6.07, 6.45) is 2.04. The number of halogens is 1. The van der Waals surface area contributed by atoms with Crippen LogP contribution in [0.15, 0.2) is 83.8 Å². The van der Waals surface area contributed by atoms with Gasteiger partial charge < -0.3 is 29.4 Å². The van der Waals surface area contributed by atoms with Crippen LogP contribution in [0.4, 0.5) is 25.4 Å². The van der Waals surface area contributed by atoms with Gasteiger partial charge in [0.1, 0.15) is 34.9 Å². The molecule has 14 nitrogen and oxygen atoms in total. The predicted octanol–water partition coefficient (Wildman–Crippen LogP) is 7.54. The minimum absolute atomic E-state index is 0.0780. The summed E-state index contributed by atoms with van der Waals surface area (Å²) in [5.74, 6) is -0.681. The van der Waals surface area contributed by atoms with E-state index in [0.29, 0.717) is 53.2 Å². The fourth-order valence-electron chi connectivity index (χ4n) is 6.12. The van der Waals surface area contributed by atoms with E-state index in [4.69, 9.17) is 18.9 Å². The number of ether oxygens (including phenoxy) is 4. The van der Waals surface area contributed by atoms with Gasteiger partial charge in [-0.2, -0.15) is 0 Å². The van der Waals surface area contributed by atoms with Crippen molar-refractivity contribution in [1.82, 2.24) is 19.7 Å². The second-order valence-corrected chi connectivity index (χ2v) is 14.2. The lowest BCUT2D eigenvalue weighted by atomic mass is 10.1. The van der Waals surface area contributed by atoms with Gasteiger partial charge in [-0.3, -0.25) is 19.3 Å². The van der Waals surface area contributed by atoms with Crippen LogP contribution in [0.1, 0.15) is 52.1 Å². The van der Waals surface area contributed by atoms with Crippen LogP contribution in [0, 0.1) is 12.7 Å². The summed E-state index contributed by atoms with van der Waals surface area (Å²) < 4.78 is 41.2. The molecule has 0 saturated heterocycles. The lowest BCUT2D eigenvalue weighted by Gasteiger charge is -2.20. The molecule has 15 heteroatoms. The first-order valence-corrected chi connectivity index (χ1v) is 17.7. The molecular formula is C40H42FN5O9. The van der Waals surface area contributed by atoms with Crippen molar-refractivity contribution < 1.29 is 42.8 Å². The molecule has 0 aliphatic heterocycles. The molecule has 55 heavy (non-hydrogen) atoms. The highest BCUT2D eigenvalue weighted by atomic mass is 19.1. The normalized spacial score (nSPS) is 13.2. The Morgan fingerprint density at radius 3 is 2.44 bits per heavy atom. The van der Waals surface area contributed by atoms with Gasteiger partial charge in [0.25, 0.3) is 5.56 Å². The van der Waals surface area contributed by atoms with E-state index in [1.807, 2.05) is 0 Å². The van der Waals surface area contributed by atoms with Gasteiger partial charge in [-0.1, -0.05) is 18.2 Å². The quantitative estimate of drug-likeness (QED) is 0.0907. The molecule has 1 aliphatic carbocycles. The zero-order valence-electron chi connectivity index (χ0n) is 31.1. The van der Waals surface area contributed by atoms with E-state index in [1.54, 1.807) is 94.0 Å². The first kappa shape index (κ1) is 38.3. The Hall–Kier alpha value is -6.38. The van der Waals surface area contributed by atoms with Crippen LogP contribution in [0.2, 0.25) is 0 Å². The maximum atomic E-state index is 15.6. The Morgan fingerprint density at radius 2 is 1.76 bits per heavy atom. The summed E-state index contributed by atoms with van der Waals surface area (Å²) in [4.78, 5) is 55.4. The molecule has 0 atom stereocenters. The number of carbonyl (C=O) groups is 3. The summed E-state index contributed by atoms with van der Waals surface area (Å²) in [7, 11) is 1.64. The van der Waals surface area contributed by atoms with Crippen molar-refractivity contribution in [1.29, 1.82) is 0 Å². The lowest BCUT2D eigenvalue weighted by Crippen LogP contribution is -2.37. The molecule has 0 bridgehead atoms. The van der Waals surface area contributed by atoms with Crippen LogP contribution in [0.3, 0.4) is 0 Å². The number of para-hydroxylation sites is 1. The average molecular weight is 756 g/mol. The zero-order chi connectivity index (χ0) is 39.5. The average Bonchev–Trinajstić information content (AvgIpc) is 3.86. The molecule has 2 aromatic heterocycles. The summed E-state index contributed by atoms with van der Waals surface area (Å²) in [6.45, 7) is 6.89. The molecule has 5 aromatic rings. The number of hydrogen-bond donors (Lipinski definition) is 2. The van der Waals surface area contributed by atoms with Crippen molar-refractivity contribution in [3.05, 3.63) is 101 Å². The van der Waals surface area contributed by atoms with E-state index >= 15 is 4.39 Å². The third-order valence-corrected chi connectivity index (χ3v) is 8.97. The number of fused-ring (bicyclic) bond motifs is 1. The zero-order valence-corrected chi connectivity index (χ0v) is 31.1. The third-order valence-electron chi connectivity index (χ3n) is 8.97. The summed E-state index contributed by atoms with van der Waals surface area (Å²) >= 11 is 0. The molecule has 6 rings (SSSR count). The topological polar surface area (TPSA) is 163 Å². The van der Waals surface area contributed by atoms with Gasteiger partial charge in [-0.25, -0.2) is 23.6 Å². The number of aromatic nitrogens is 3. The highest BCUT2D eigenvalue weighted by Gasteiger charge is 2.46. The minimum atomic E-state index is -1.46. The predicted molar refractivity (Wildman–Crippen MR) is 201 cm³/mol. The number of esters is 1. The van der Waals surface area contributed by atoms with Crippen molar-refractivity contribution in [2.24, 2.45) is 7.05 Å². The first-order valence-electron chi connectivity index (χ1n) is 17.7. The number of rotatable bonds is 13. The van der Waals surface area contributed by atoms with Crippen molar-refractivity contribution in [2.45, 2.75) is 64.6 Å². The molecule has 288 valence electrons. The third kappa shape index (κ3) is 8.88. The largest absolute Gasteiger partial charge is 0.494 e. The van der Waals surface area contributed by atoms with E-state index in [0.717, 1.165) is 23.8 Å². The first-order chi connectivity index (χ1) is 26.1. The van der Waals surface area contributed by atoms with Gasteiger partial charge in [0.05, 0.1) is 29.2 Å². The SMILES string of the molecule is Cc1c(N(C(=O)O)c2ccc(Oc3ccnc4cc(OCCCC5(OC(=O)CNC(=O)OC(C)(C)C)CC5)ccc34)c(F)c2)c(=O)n(-c2ccccc2)n1C. The van der Waals surface area contributed by atoms with Crippen molar-refractivity contribution in [3.8, 4) is 22.9 Å². The van der Waals surface area contributed by atoms with Crippen LogP contribution in [0.5, 0.6) is 17.2 Å². The van der Waals surface area contributed by atoms with E-state index < -0.39 is 40.7 Å². The van der Waals surface area contributed by atoms with Gasteiger partial charge in [0.15, 0.2) is 11.6 Å². The molecule has 2 amide bonds. The standard InChI is InChI=1S/C40H42FN5O9/c1-25-35(36(48)46(44(25)5)26-10-7-6-8-11-26)45(38(50)51)27-12-15-33(30(41)22-27)53-32-16-20-42-31-23-28(13-14-29(31)32)52-21-9-17-40(18-19-40)54-34(47)24-43-37(49)55-39(2,3)4/h6-8,10-16,20,22-23H,9,17-19,21,24H2,1-5H3,(H,43,49)(H,50,51). The van der Waals surface area contributed by atoms with Crippen LogP contribution in [0.25, 0.3) is 16.6 Å². The van der Waals surface area contributed by atoms with Gasteiger partial charge in [0, 0.05) is 30.8 Å². The van der Waals surface area contributed by atoms with Gasteiger partial charge in [0.2, 0.25) is 0 Å². The number of amides is 2. The van der Waals surface area contributed by atoms with Crippen molar-refractivity contribution in [2.75, 3.05) is 18.1 Å². The molecule has 2 N–H and O–H groups in total. The van der Waals surface area contributed by atoms with Gasteiger partial charge >= 0.3 is 18.2 Å². The highest BCUT2D eigenvalue weighted by Crippen LogP contribution is 2.44. The van der Waals surface area contributed by atoms with Crippen LogP contribution in [-0.4, -0.2) is 62.0 Å². The molecule has 2 heterocycles. The Balaban J connectivity index is 1.08. The molecular weight excluding hydrogens is 713 g/mol. The van der Waals surface area contributed by atoms with Gasteiger partial charge in [-0.05, 0) is 95.8 Å². The highest BCUT2D eigenvalue weighted by molar-refractivity contribution is 5.95. The number of hydrogen-bond acceptors (Lipinski definition) is 9. The maximum Gasteiger partial charge on any atom is 0.416 e. The molecule has 1 fully saturated rings. The fraction of sp³-hybridized carbons (Fsp3) is 0.325. The van der Waals surface area contributed by atoms with Crippen molar-refractivity contribution >= 4 is 40.4 Å². The Morgan fingerprint density at radius 1 is 1.02 bits per heavy atom. The molecule has 0 unspecified atom stereocenters. The second-order valence-electron chi connectivity index (χ2n) is 14.2. The summed E-state index contributed by atoms with van der Waals surface area (Å²) in [6, 6.07) is 19.2. The number of benzene rings is 3. The van der Waals surface area contributed by atoms with Crippen LogP contribution in [-0.2, 0) is 21.3 Å². The minimum Gasteiger partial charge on any atom is -0.494 e. The molecule has 0 spiro atoms. The van der Waals surface area contributed by atoms with Crippen LogP contribution >= 0.6 is 0 Å².